The van der Waals surface area contributed by atoms with Crippen molar-refractivity contribution in [1.82, 2.24) is 9.97 Å². The van der Waals surface area contributed by atoms with Gasteiger partial charge in [-0.2, -0.15) is 0 Å². The van der Waals surface area contributed by atoms with Gasteiger partial charge in [0.2, 0.25) is 0 Å². The van der Waals surface area contributed by atoms with E-state index in [2.05, 4.69) is 39.7 Å². The lowest BCUT2D eigenvalue weighted by Gasteiger charge is -2.09. The number of nitrogens with zero attached hydrogens (tertiary/aromatic N) is 1. The summed E-state index contributed by atoms with van der Waals surface area (Å²) in [5, 5.41) is -0.281. The number of halogens is 2. The first-order valence-electron chi connectivity index (χ1n) is 4.84. The van der Waals surface area contributed by atoms with Crippen LogP contribution in [-0.2, 0) is 6.42 Å². The predicted octanol–water partition coefficient (Wildman–Crippen LogP) is 3.03. The van der Waals surface area contributed by atoms with Crippen LogP contribution in [0.3, 0.4) is 0 Å². The Morgan fingerprint density at radius 3 is 2.53 bits per heavy atom. The summed E-state index contributed by atoms with van der Waals surface area (Å²) in [7, 11) is 0. The Hall–Kier alpha value is -0.350. The topological polar surface area (TPSA) is 45.8 Å². The summed E-state index contributed by atoms with van der Waals surface area (Å²) in [6.07, 6.45) is 0.765. The van der Waals surface area contributed by atoms with Gasteiger partial charge in [-0.05, 0) is 35.2 Å². The second-order valence-electron chi connectivity index (χ2n) is 3.93. The van der Waals surface area contributed by atoms with Crippen LogP contribution in [0.15, 0.2) is 9.27 Å². The summed E-state index contributed by atoms with van der Waals surface area (Å²) >= 11 is 9.13. The molecule has 0 aliphatic heterocycles. The van der Waals surface area contributed by atoms with E-state index in [0.717, 1.165) is 12.1 Å². The van der Waals surface area contributed by atoms with Crippen LogP contribution in [0.25, 0.3) is 0 Å². The molecule has 1 aromatic heterocycles. The number of H-pyrrole nitrogens is 1. The van der Waals surface area contributed by atoms with Crippen LogP contribution in [0.5, 0.6) is 0 Å². The Balaban J connectivity index is 3.19. The molecule has 0 aliphatic carbocycles. The van der Waals surface area contributed by atoms with Crippen molar-refractivity contribution in [2.45, 2.75) is 32.6 Å². The van der Waals surface area contributed by atoms with E-state index in [-0.39, 0.29) is 10.9 Å². The number of aromatic amines is 1. The molecule has 1 atom stereocenters. The average Bonchev–Trinajstić information content (AvgIpc) is 2.11. The predicted molar refractivity (Wildman–Crippen MR) is 65.4 cm³/mol. The monoisotopic (exact) mass is 292 g/mol. The maximum Gasteiger partial charge on any atom is 0.265 e. The smallest absolute Gasteiger partial charge is 0.265 e. The Morgan fingerprint density at radius 2 is 2.07 bits per heavy atom. The largest absolute Gasteiger partial charge is 0.308 e. The van der Waals surface area contributed by atoms with Crippen molar-refractivity contribution >= 4 is 27.5 Å². The van der Waals surface area contributed by atoms with E-state index in [1.54, 1.807) is 6.92 Å². The Morgan fingerprint density at radius 1 is 1.47 bits per heavy atom. The van der Waals surface area contributed by atoms with Gasteiger partial charge in [0, 0.05) is 0 Å². The lowest BCUT2D eigenvalue weighted by atomic mass is 10.1. The highest BCUT2D eigenvalue weighted by Crippen LogP contribution is 2.18. The molecule has 0 amide bonds. The Labute approximate surface area is 102 Å². The van der Waals surface area contributed by atoms with Gasteiger partial charge in [0.1, 0.15) is 10.3 Å². The molecular formula is C10H14BrClN2O. The van der Waals surface area contributed by atoms with Crippen LogP contribution < -0.4 is 5.56 Å². The zero-order valence-corrected chi connectivity index (χ0v) is 11.3. The first kappa shape index (κ1) is 12.7. The quantitative estimate of drug-likeness (QED) is 0.871. The van der Waals surface area contributed by atoms with E-state index in [9.17, 15) is 4.79 Å². The van der Waals surface area contributed by atoms with Gasteiger partial charge in [-0.3, -0.25) is 4.79 Å². The van der Waals surface area contributed by atoms with E-state index < -0.39 is 0 Å². The van der Waals surface area contributed by atoms with Crippen LogP contribution in [0.4, 0.5) is 0 Å². The van der Waals surface area contributed by atoms with Crippen LogP contribution in [-0.4, -0.2) is 9.97 Å². The van der Waals surface area contributed by atoms with E-state index in [0.29, 0.717) is 16.2 Å². The average molecular weight is 294 g/mol. The van der Waals surface area contributed by atoms with Crippen molar-refractivity contribution in [2.24, 2.45) is 5.92 Å². The van der Waals surface area contributed by atoms with Crippen molar-refractivity contribution in [3.63, 3.8) is 0 Å². The van der Waals surface area contributed by atoms with Gasteiger partial charge in [-0.1, -0.05) is 13.8 Å². The van der Waals surface area contributed by atoms with E-state index >= 15 is 0 Å². The summed E-state index contributed by atoms with van der Waals surface area (Å²) in [5.74, 6) is 0.981. The highest BCUT2D eigenvalue weighted by atomic mass is 79.9. The zero-order chi connectivity index (χ0) is 11.6. The number of aromatic nitrogens is 2. The number of hydrogen-bond acceptors (Lipinski definition) is 2. The second-order valence-corrected chi connectivity index (χ2v) is 5.37. The molecule has 0 saturated heterocycles. The maximum atomic E-state index is 11.5. The molecule has 1 unspecified atom stereocenters. The normalized spacial score (nSPS) is 13.2. The van der Waals surface area contributed by atoms with Crippen LogP contribution in [0.1, 0.15) is 37.7 Å². The first-order valence-corrected chi connectivity index (χ1v) is 6.07. The van der Waals surface area contributed by atoms with Crippen LogP contribution in [0.2, 0.25) is 0 Å². The third kappa shape index (κ3) is 3.31. The lowest BCUT2D eigenvalue weighted by molar-refractivity contribution is 0.626. The van der Waals surface area contributed by atoms with Gasteiger partial charge in [0.05, 0.1) is 11.1 Å². The molecule has 0 radical (unpaired) electrons. The van der Waals surface area contributed by atoms with Crippen molar-refractivity contribution in [1.29, 1.82) is 0 Å². The third-order valence-corrected chi connectivity index (χ3v) is 2.95. The molecule has 0 spiro atoms. The minimum Gasteiger partial charge on any atom is -0.308 e. The SMILES string of the molecule is CC(C)Cc1nc(C(C)Cl)[nH]c(=O)c1Br. The fourth-order valence-electron chi connectivity index (χ4n) is 1.24. The van der Waals surface area contributed by atoms with Gasteiger partial charge in [-0.15, -0.1) is 11.6 Å². The minimum atomic E-state index is -0.281. The number of hydrogen-bond donors (Lipinski definition) is 1. The highest BCUT2D eigenvalue weighted by Gasteiger charge is 2.12. The molecule has 0 fully saturated rings. The minimum absolute atomic E-state index is 0.164. The van der Waals surface area contributed by atoms with Crippen LogP contribution in [0, 0.1) is 5.92 Å². The molecule has 0 saturated carbocycles. The summed E-state index contributed by atoms with van der Waals surface area (Å²) in [6.45, 7) is 5.95. The van der Waals surface area contributed by atoms with E-state index in [1.807, 2.05) is 0 Å². The van der Waals surface area contributed by atoms with Gasteiger partial charge in [0.25, 0.3) is 5.56 Å². The summed E-state index contributed by atoms with van der Waals surface area (Å²) in [4.78, 5) is 18.5. The van der Waals surface area contributed by atoms with Crippen molar-refractivity contribution < 1.29 is 0 Å². The summed E-state index contributed by atoms with van der Waals surface area (Å²) in [6, 6.07) is 0. The van der Waals surface area contributed by atoms with Gasteiger partial charge < -0.3 is 4.98 Å². The maximum absolute atomic E-state index is 11.5. The molecule has 15 heavy (non-hydrogen) atoms. The number of alkyl halides is 1. The molecule has 84 valence electrons. The molecular weight excluding hydrogens is 279 g/mol. The molecule has 1 N–H and O–H groups in total. The Kier molecular flexibility index (Phi) is 4.34. The standard InChI is InChI=1S/C10H14BrClN2O/c1-5(2)4-7-8(11)10(15)14-9(13-7)6(3)12/h5-6H,4H2,1-3H3,(H,13,14,15). The van der Waals surface area contributed by atoms with Crippen LogP contribution >= 0.6 is 27.5 Å². The van der Waals surface area contributed by atoms with Gasteiger partial charge >= 0.3 is 0 Å². The molecule has 0 bridgehead atoms. The fourth-order valence-corrected chi connectivity index (χ4v) is 1.69. The molecule has 5 heteroatoms. The fraction of sp³-hybridized carbons (Fsp3) is 0.600. The number of rotatable bonds is 3. The zero-order valence-electron chi connectivity index (χ0n) is 8.97. The Bertz CT molecular complexity index is 401. The summed E-state index contributed by atoms with van der Waals surface area (Å²) < 4.78 is 0.511. The molecule has 1 rings (SSSR count). The first-order chi connectivity index (χ1) is 6.91. The molecule has 0 aromatic carbocycles. The van der Waals surface area contributed by atoms with E-state index in [1.165, 1.54) is 0 Å². The second kappa shape index (κ2) is 5.12. The van der Waals surface area contributed by atoms with Crippen molar-refractivity contribution in [2.75, 3.05) is 0 Å². The number of nitrogens with one attached hydrogen (secondary N) is 1. The third-order valence-electron chi connectivity index (χ3n) is 1.93. The van der Waals surface area contributed by atoms with Gasteiger partial charge in [-0.25, -0.2) is 4.98 Å². The lowest BCUT2D eigenvalue weighted by Crippen LogP contribution is -2.17. The molecule has 3 nitrogen and oxygen atoms in total. The molecule has 1 heterocycles. The van der Waals surface area contributed by atoms with Crippen molar-refractivity contribution in [3.8, 4) is 0 Å². The van der Waals surface area contributed by atoms with E-state index in [4.69, 9.17) is 11.6 Å². The highest BCUT2D eigenvalue weighted by molar-refractivity contribution is 9.10. The van der Waals surface area contributed by atoms with Crippen molar-refractivity contribution in [3.05, 3.63) is 26.3 Å². The molecule has 0 aliphatic rings. The van der Waals surface area contributed by atoms with Gasteiger partial charge in [0.15, 0.2) is 0 Å². The summed E-state index contributed by atoms with van der Waals surface area (Å²) in [5.41, 5.74) is 0.611. The molecule has 1 aromatic rings.